The molecule has 1 rings (SSSR count). The molecule has 0 aliphatic carbocycles. The maximum absolute atomic E-state index is 5.32. The molecule has 6 heteroatoms. The largest absolute Gasteiger partial charge is 0.227 e. The van der Waals surface area contributed by atoms with E-state index in [2.05, 4.69) is 15.0 Å². The minimum Gasteiger partial charge on any atom is -0.187 e. The highest BCUT2D eigenvalue weighted by Gasteiger charge is 1.97. The van der Waals surface area contributed by atoms with Crippen LogP contribution >= 0.6 is 34.8 Å². The summed E-state index contributed by atoms with van der Waals surface area (Å²) < 4.78 is 0. The first kappa shape index (κ1) is 10.9. The number of rotatable bonds is 0. The Hall–Kier alpha value is -0.120. The van der Waals surface area contributed by atoms with Gasteiger partial charge in [0.25, 0.3) is 0 Å². The normalized spacial score (nSPS) is 8.45. The molecule has 1 heterocycles. The van der Waals surface area contributed by atoms with Gasteiger partial charge in [-0.3, -0.25) is 0 Å². The summed E-state index contributed by atoms with van der Waals surface area (Å²) in [6.45, 7) is 4.00. The fourth-order valence-electron chi connectivity index (χ4n) is 0.303. The molecule has 0 radical (unpaired) electrons. The molecule has 0 unspecified atom stereocenters. The SMILES string of the molecule is CC.Clc1nc(Cl)nc(Cl)n1. The molecule has 0 aromatic carbocycles. The molecule has 0 aliphatic heterocycles. The fourth-order valence-corrected chi connectivity index (χ4v) is 0.913. The van der Waals surface area contributed by atoms with E-state index in [1.807, 2.05) is 13.8 Å². The monoisotopic (exact) mass is 213 g/mol. The number of hydrogen-bond donors (Lipinski definition) is 0. The van der Waals surface area contributed by atoms with E-state index in [4.69, 9.17) is 34.8 Å². The van der Waals surface area contributed by atoms with Gasteiger partial charge in [0.1, 0.15) is 0 Å². The second-order valence-electron chi connectivity index (χ2n) is 1.14. The molecular formula is C5H6Cl3N3. The van der Waals surface area contributed by atoms with E-state index in [0.29, 0.717) is 0 Å². The van der Waals surface area contributed by atoms with Crippen LogP contribution in [0.2, 0.25) is 15.9 Å². The maximum Gasteiger partial charge on any atom is 0.227 e. The average molecular weight is 214 g/mol. The van der Waals surface area contributed by atoms with E-state index in [0.717, 1.165) is 0 Å². The summed E-state index contributed by atoms with van der Waals surface area (Å²) in [5.41, 5.74) is 0. The highest BCUT2D eigenvalue weighted by molar-refractivity contribution is 6.33. The zero-order valence-corrected chi connectivity index (χ0v) is 8.24. The summed E-state index contributed by atoms with van der Waals surface area (Å²) in [6.07, 6.45) is 0. The van der Waals surface area contributed by atoms with Crippen molar-refractivity contribution in [1.29, 1.82) is 0 Å². The lowest BCUT2D eigenvalue weighted by molar-refractivity contribution is 1.05. The van der Waals surface area contributed by atoms with Crippen LogP contribution in [0.15, 0.2) is 0 Å². The molecule has 0 bridgehead atoms. The highest BCUT2D eigenvalue weighted by Crippen LogP contribution is 2.08. The van der Waals surface area contributed by atoms with E-state index in [1.165, 1.54) is 0 Å². The van der Waals surface area contributed by atoms with Crippen LogP contribution in [0, 0.1) is 0 Å². The molecule has 0 aliphatic rings. The van der Waals surface area contributed by atoms with Crippen molar-refractivity contribution in [2.75, 3.05) is 0 Å². The van der Waals surface area contributed by atoms with Gasteiger partial charge in [-0.1, -0.05) is 13.8 Å². The van der Waals surface area contributed by atoms with Gasteiger partial charge in [-0.05, 0) is 34.8 Å². The van der Waals surface area contributed by atoms with E-state index in [-0.39, 0.29) is 15.9 Å². The molecular weight excluding hydrogens is 208 g/mol. The van der Waals surface area contributed by atoms with Crippen molar-refractivity contribution in [2.24, 2.45) is 0 Å². The summed E-state index contributed by atoms with van der Waals surface area (Å²) in [4.78, 5) is 10.4. The number of nitrogens with zero attached hydrogens (tertiary/aromatic N) is 3. The van der Waals surface area contributed by atoms with Gasteiger partial charge in [0.15, 0.2) is 0 Å². The van der Waals surface area contributed by atoms with E-state index in [1.54, 1.807) is 0 Å². The van der Waals surface area contributed by atoms with Gasteiger partial charge >= 0.3 is 0 Å². The summed E-state index contributed by atoms with van der Waals surface area (Å²) in [7, 11) is 0. The molecule has 1 aromatic rings. The molecule has 1 aromatic heterocycles. The Balaban J connectivity index is 0.000000461. The topological polar surface area (TPSA) is 38.7 Å². The zero-order valence-electron chi connectivity index (χ0n) is 5.98. The lowest BCUT2D eigenvalue weighted by Crippen LogP contribution is -1.87. The second-order valence-corrected chi connectivity index (χ2v) is 2.16. The van der Waals surface area contributed by atoms with Crippen LogP contribution in [-0.2, 0) is 0 Å². The Bertz CT molecular complexity index is 178. The Morgan fingerprint density at radius 3 is 1.09 bits per heavy atom. The van der Waals surface area contributed by atoms with Crippen LogP contribution in [0.4, 0.5) is 0 Å². The third kappa shape index (κ3) is 4.35. The van der Waals surface area contributed by atoms with Crippen LogP contribution in [0.5, 0.6) is 0 Å². The minimum absolute atomic E-state index is 0.000000000000000444. The Labute approximate surface area is 79.7 Å². The van der Waals surface area contributed by atoms with Crippen molar-refractivity contribution < 1.29 is 0 Å². The lowest BCUT2D eigenvalue weighted by Gasteiger charge is -1.88. The van der Waals surface area contributed by atoms with Gasteiger partial charge in [-0.15, -0.1) is 0 Å². The van der Waals surface area contributed by atoms with Gasteiger partial charge < -0.3 is 0 Å². The van der Waals surface area contributed by atoms with E-state index < -0.39 is 0 Å². The van der Waals surface area contributed by atoms with Gasteiger partial charge in [-0.25, -0.2) is 0 Å². The van der Waals surface area contributed by atoms with Gasteiger partial charge in [0.05, 0.1) is 0 Å². The predicted molar refractivity (Wildman–Crippen MR) is 46.2 cm³/mol. The number of hydrogen-bond acceptors (Lipinski definition) is 3. The Morgan fingerprint density at radius 2 is 0.909 bits per heavy atom. The van der Waals surface area contributed by atoms with Crippen LogP contribution in [-0.4, -0.2) is 15.0 Å². The Kier molecular flexibility index (Phi) is 5.46. The molecule has 0 amide bonds. The van der Waals surface area contributed by atoms with Crippen molar-refractivity contribution in [3.05, 3.63) is 15.9 Å². The number of halogens is 3. The van der Waals surface area contributed by atoms with Gasteiger partial charge in [0, 0.05) is 0 Å². The van der Waals surface area contributed by atoms with Gasteiger partial charge in [-0.2, -0.15) is 15.0 Å². The molecule has 0 atom stereocenters. The Morgan fingerprint density at radius 1 is 0.727 bits per heavy atom. The molecule has 3 nitrogen and oxygen atoms in total. The fraction of sp³-hybridized carbons (Fsp3) is 0.400. The first-order valence-electron chi connectivity index (χ1n) is 2.91. The molecule has 0 saturated carbocycles. The molecule has 0 spiro atoms. The average Bonchev–Trinajstić information content (AvgIpc) is 1.88. The minimum atomic E-state index is 0.000000000000000444. The molecule has 0 N–H and O–H groups in total. The number of aromatic nitrogens is 3. The summed E-state index contributed by atoms with van der Waals surface area (Å²) >= 11 is 16.0. The highest BCUT2D eigenvalue weighted by atomic mass is 35.5. The van der Waals surface area contributed by atoms with Crippen LogP contribution in [0.1, 0.15) is 13.8 Å². The maximum atomic E-state index is 5.32. The summed E-state index contributed by atoms with van der Waals surface area (Å²) in [5.74, 6) is 0. The predicted octanol–water partition coefficient (Wildman–Crippen LogP) is 2.86. The summed E-state index contributed by atoms with van der Waals surface area (Å²) in [5, 5.41) is 0.00000000000000178. The van der Waals surface area contributed by atoms with Crippen molar-refractivity contribution >= 4 is 34.8 Å². The smallest absolute Gasteiger partial charge is 0.187 e. The molecule has 0 saturated heterocycles. The molecule has 62 valence electrons. The third-order valence-electron chi connectivity index (χ3n) is 0.554. The first-order valence-corrected chi connectivity index (χ1v) is 4.04. The first-order chi connectivity index (χ1) is 5.18. The lowest BCUT2D eigenvalue weighted by atomic mass is 11.0. The molecule has 0 fully saturated rings. The van der Waals surface area contributed by atoms with E-state index in [9.17, 15) is 0 Å². The van der Waals surface area contributed by atoms with Crippen molar-refractivity contribution in [1.82, 2.24) is 15.0 Å². The van der Waals surface area contributed by atoms with Crippen molar-refractivity contribution in [2.45, 2.75) is 13.8 Å². The van der Waals surface area contributed by atoms with Crippen molar-refractivity contribution in [3.63, 3.8) is 0 Å². The van der Waals surface area contributed by atoms with Crippen LogP contribution in [0.3, 0.4) is 0 Å². The van der Waals surface area contributed by atoms with Gasteiger partial charge in [0.2, 0.25) is 15.9 Å². The standard InChI is InChI=1S/C3Cl3N3.C2H6/c4-1-7-2(5)9-3(6)8-1;1-2/h;1-2H3. The van der Waals surface area contributed by atoms with Crippen LogP contribution in [0.25, 0.3) is 0 Å². The van der Waals surface area contributed by atoms with Crippen LogP contribution < -0.4 is 0 Å². The van der Waals surface area contributed by atoms with E-state index >= 15 is 0 Å². The zero-order chi connectivity index (χ0) is 8.85. The third-order valence-corrected chi connectivity index (χ3v) is 1.06. The second kappa shape index (κ2) is 5.52. The quantitative estimate of drug-likeness (QED) is 0.666. The molecule has 11 heavy (non-hydrogen) atoms. The van der Waals surface area contributed by atoms with Crippen molar-refractivity contribution in [3.8, 4) is 0 Å². The summed E-state index contributed by atoms with van der Waals surface area (Å²) in [6, 6.07) is 0.